The summed E-state index contributed by atoms with van der Waals surface area (Å²) in [7, 11) is 0. The Hall–Kier alpha value is -1.86. The van der Waals surface area contributed by atoms with Gasteiger partial charge in [-0.2, -0.15) is 0 Å². The number of carbonyl (C=O) groups excluding carboxylic acids is 1. The molecule has 1 amide bonds. The summed E-state index contributed by atoms with van der Waals surface area (Å²) in [6.45, 7) is 1.93. The maximum absolute atomic E-state index is 12.5. The van der Waals surface area contributed by atoms with Crippen molar-refractivity contribution in [2.75, 3.05) is 13.1 Å². The Labute approximate surface area is 146 Å². The molecule has 2 aliphatic rings. The topological polar surface area (TPSA) is 71.6 Å². The molecule has 0 radical (unpaired) electrons. The van der Waals surface area contributed by atoms with Crippen LogP contribution in [0, 0.1) is 0 Å². The monoisotopic (exact) mass is 351 g/mol. The summed E-state index contributed by atoms with van der Waals surface area (Å²) in [6, 6.07) is 6.43. The third kappa shape index (κ3) is 3.18. The van der Waals surface area contributed by atoms with Crippen LogP contribution in [0.3, 0.4) is 0 Å². The standard InChI is InChI=1S/C16H21N5O2.ClH/c22-15(19-9-6-12-4-5-13(11-19)17-12)7-10-21-16(23)20-8-2-1-3-14(20)18-21;/h1-3,8,12-13,17H,4-7,9-11H2;1H. The molecule has 2 aliphatic heterocycles. The number of hydrogen-bond acceptors (Lipinski definition) is 4. The van der Waals surface area contributed by atoms with Gasteiger partial charge in [-0.25, -0.2) is 9.48 Å². The average molecular weight is 352 g/mol. The normalized spacial score (nSPS) is 23.1. The molecule has 24 heavy (non-hydrogen) atoms. The van der Waals surface area contributed by atoms with E-state index >= 15 is 0 Å². The Morgan fingerprint density at radius 3 is 2.92 bits per heavy atom. The van der Waals surface area contributed by atoms with Gasteiger partial charge in [-0.3, -0.25) is 9.20 Å². The first-order valence-electron chi connectivity index (χ1n) is 8.29. The van der Waals surface area contributed by atoms with Crippen LogP contribution in [-0.4, -0.2) is 50.2 Å². The molecule has 1 N–H and O–H groups in total. The van der Waals surface area contributed by atoms with Crippen LogP contribution in [0.15, 0.2) is 29.2 Å². The molecule has 4 heterocycles. The zero-order valence-corrected chi connectivity index (χ0v) is 14.2. The van der Waals surface area contributed by atoms with E-state index < -0.39 is 0 Å². The summed E-state index contributed by atoms with van der Waals surface area (Å²) in [5, 5.41) is 7.84. The van der Waals surface area contributed by atoms with E-state index in [-0.39, 0.29) is 24.0 Å². The highest BCUT2D eigenvalue weighted by Gasteiger charge is 2.30. The smallest absolute Gasteiger partial charge is 0.341 e. The Balaban J connectivity index is 0.00000169. The molecular formula is C16H22ClN5O2. The minimum atomic E-state index is -0.190. The number of nitrogens with one attached hydrogen (secondary N) is 1. The van der Waals surface area contributed by atoms with E-state index in [0.29, 0.717) is 30.7 Å². The van der Waals surface area contributed by atoms with Crippen molar-refractivity contribution in [3.05, 3.63) is 34.9 Å². The van der Waals surface area contributed by atoms with Crippen molar-refractivity contribution >= 4 is 24.0 Å². The van der Waals surface area contributed by atoms with Crippen LogP contribution < -0.4 is 11.0 Å². The molecule has 2 saturated heterocycles. The maximum Gasteiger partial charge on any atom is 0.350 e. The second-order valence-electron chi connectivity index (χ2n) is 6.45. The van der Waals surface area contributed by atoms with Crippen molar-refractivity contribution in [3.63, 3.8) is 0 Å². The van der Waals surface area contributed by atoms with E-state index in [1.807, 2.05) is 11.0 Å². The average Bonchev–Trinajstić information content (AvgIpc) is 3.05. The first-order valence-corrected chi connectivity index (χ1v) is 8.29. The number of aromatic nitrogens is 3. The second kappa shape index (κ2) is 6.94. The van der Waals surface area contributed by atoms with Gasteiger partial charge < -0.3 is 10.2 Å². The quantitative estimate of drug-likeness (QED) is 0.882. The molecule has 2 fully saturated rings. The molecule has 0 saturated carbocycles. The van der Waals surface area contributed by atoms with Crippen molar-refractivity contribution in [2.24, 2.45) is 0 Å². The number of fused-ring (bicyclic) bond motifs is 3. The fraction of sp³-hybridized carbons (Fsp3) is 0.562. The number of hydrogen-bond donors (Lipinski definition) is 1. The van der Waals surface area contributed by atoms with E-state index in [0.717, 1.165) is 25.9 Å². The number of pyridine rings is 1. The molecule has 2 atom stereocenters. The first kappa shape index (κ1) is 17.0. The van der Waals surface area contributed by atoms with E-state index in [9.17, 15) is 9.59 Å². The SMILES string of the molecule is Cl.O=C(CCn1nc2ccccn2c1=O)N1CCC2CCC(C1)N2. The molecule has 2 bridgehead atoms. The molecule has 2 unspecified atom stereocenters. The highest BCUT2D eigenvalue weighted by atomic mass is 35.5. The van der Waals surface area contributed by atoms with Gasteiger partial charge in [-0.15, -0.1) is 17.5 Å². The van der Waals surface area contributed by atoms with Crippen molar-refractivity contribution < 1.29 is 4.79 Å². The zero-order valence-electron chi connectivity index (χ0n) is 13.4. The molecule has 130 valence electrons. The van der Waals surface area contributed by atoms with Crippen LogP contribution in [0.1, 0.15) is 25.7 Å². The van der Waals surface area contributed by atoms with Crippen LogP contribution in [0.2, 0.25) is 0 Å². The Morgan fingerprint density at radius 2 is 2.08 bits per heavy atom. The second-order valence-corrected chi connectivity index (χ2v) is 6.45. The van der Waals surface area contributed by atoms with Gasteiger partial charge in [-0.1, -0.05) is 6.07 Å². The predicted octanol–water partition coefficient (Wildman–Crippen LogP) is 0.661. The van der Waals surface area contributed by atoms with E-state index in [1.165, 1.54) is 15.5 Å². The zero-order chi connectivity index (χ0) is 15.8. The largest absolute Gasteiger partial charge is 0.350 e. The third-order valence-electron chi connectivity index (χ3n) is 4.90. The molecular weight excluding hydrogens is 330 g/mol. The molecule has 8 heteroatoms. The number of rotatable bonds is 3. The van der Waals surface area contributed by atoms with Gasteiger partial charge in [0, 0.05) is 37.8 Å². The number of likely N-dealkylation sites (tertiary alicyclic amines) is 1. The van der Waals surface area contributed by atoms with Crippen molar-refractivity contribution in [1.29, 1.82) is 0 Å². The van der Waals surface area contributed by atoms with E-state index in [1.54, 1.807) is 18.3 Å². The van der Waals surface area contributed by atoms with Gasteiger partial charge in [-0.05, 0) is 31.4 Å². The predicted molar refractivity (Wildman–Crippen MR) is 92.5 cm³/mol. The Morgan fingerprint density at radius 1 is 1.25 bits per heavy atom. The van der Waals surface area contributed by atoms with Crippen molar-refractivity contribution in [2.45, 2.75) is 44.3 Å². The van der Waals surface area contributed by atoms with Crippen molar-refractivity contribution in [1.82, 2.24) is 24.4 Å². The fourth-order valence-electron chi connectivity index (χ4n) is 3.64. The summed E-state index contributed by atoms with van der Waals surface area (Å²) < 4.78 is 2.88. The highest BCUT2D eigenvalue weighted by molar-refractivity contribution is 5.85. The number of nitrogens with zero attached hydrogens (tertiary/aromatic N) is 4. The van der Waals surface area contributed by atoms with E-state index in [2.05, 4.69) is 10.4 Å². The molecule has 2 aromatic rings. The van der Waals surface area contributed by atoms with Gasteiger partial charge >= 0.3 is 5.69 Å². The van der Waals surface area contributed by atoms with Crippen LogP contribution in [0.25, 0.3) is 5.65 Å². The fourth-order valence-corrected chi connectivity index (χ4v) is 3.64. The van der Waals surface area contributed by atoms with Gasteiger partial charge in [0.25, 0.3) is 0 Å². The van der Waals surface area contributed by atoms with Crippen LogP contribution >= 0.6 is 12.4 Å². The summed E-state index contributed by atoms with van der Waals surface area (Å²) >= 11 is 0. The van der Waals surface area contributed by atoms with Crippen LogP contribution in [0.5, 0.6) is 0 Å². The minimum Gasteiger partial charge on any atom is -0.341 e. The lowest BCUT2D eigenvalue weighted by Crippen LogP contribution is -2.39. The van der Waals surface area contributed by atoms with Gasteiger partial charge in [0.15, 0.2) is 5.65 Å². The third-order valence-corrected chi connectivity index (χ3v) is 4.90. The number of carbonyl (C=O) groups is 1. The first-order chi connectivity index (χ1) is 11.2. The molecule has 2 aromatic heterocycles. The molecule has 7 nitrogen and oxygen atoms in total. The summed E-state index contributed by atoms with van der Waals surface area (Å²) in [5.41, 5.74) is 0.422. The Bertz CT molecular complexity index is 786. The molecule has 0 aliphatic carbocycles. The summed E-state index contributed by atoms with van der Waals surface area (Å²) in [4.78, 5) is 26.6. The number of amides is 1. The minimum absolute atomic E-state index is 0. The number of halogens is 1. The van der Waals surface area contributed by atoms with Gasteiger partial charge in [0.1, 0.15) is 0 Å². The van der Waals surface area contributed by atoms with E-state index in [4.69, 9.17) is 0 Å². The van der Waals surface area contributed by atoms with Crippen LogP contribution in [0.4, 0.5) is 0 Å². The summed E-state index contributed by atoms with van der Waals surface area (Å²) in [5.74, 6) is 0.114. The van der Waals surface area contributed by atoms with Gasteiger partial charge in [0.2, 0.25) is 5.91 Å². The van der Waals surface area contributed by atoms with Crippen LogP contribution in [-0.2, 0) is 11.3 Å². The lowest BCUT2D eigenvalue weighted by molar-refractivity contribution is -0.131. The van der Waals surface area contributed by atoms with Crippen molar-refractivity contribution in [3.8, 4) is 0 Å². The lowest BCUT2D eigenvalue weighted by atomic mass is 10.1. The molecule has 0 spiro atoms. The molecule has 0 aromatic carbocycles. The molecule has 4 rings (SSSR count). The number of aryl methyl sites for hydroxylation is 1. The van der Waals surface area contributed by atoms with Gasteiger partial charge in [0.05, 0.1) is 6.54 Å². The highest BCUT2D eigenvalue weighted by Crippen LogP contribution is 2.20. The lowest BCUT2D eigenvalue weighted by Gasteiger charge is -2.24. The summed E-state index contributed by atoms with van der Waals surface area (Å²) in [6.07, 6.45) is 5.42. The Kier molecular flexibility index (Phi) is 4.91. The maximum atomic E-state index is 12.5.